The van der Waals surface area contributed by atoms with E-state index in [0.29, 0.717) is 6.42 Å². The Hall–Kier alpha value is -1.75. The molecule has 0 aliphatic carbocycles. The first-order valence-corrected chi connectivity index (χ1v) is 8.56. The number of rotatable bonds is 6. The molecule has 118 valence electrons. The van der Waals surface area contributed by atoms with Gasteiger partial charge in [0.1, 0.15) is 6.54 Å². The van der Waals surface area contributed by atoms with Crippen LogP contribution < -0.4 is 5.32 Å². The summed E-state index contributed by atoms with van der Waals surface area (Å²) in [6, 6.07) is -1.74. The summed E-state index contributed by atoms with van der Waals surface area (Å²) < 4.78 is 23.0. The number of nitrogens with zero attached hydrogens (tertiary/aromatic N) is 1. The number of carbonyl (C=O) groups is 2. The number of carboxylic acid groups (broad SMARTS) is 1. The van der Waals surface area contributed by atoms with Gasteiger partial charge in [0.25, 0.3) is 0 Å². The van der Waals surface area contributed by atoms with Crippen molar-refractivity contribution >= 4 is 21.8 Å². The number of hydrogen-bond acceptors (Lipinski definition) is 4. The smallest absolute Gasteiger partial charge is 0.323 e. The fraction of sp³-hybridized carbons (Fsp3) is 0.692. The molecule has 21 heavy (non-hydrogen) atoms. The Bertz CT molecular complexity index is 537. The number of urea groups is 1. The van der Waals surface area contributed by atoms with Gasteiger partial charge >= 0.3 is 12.0 Å². The second-order valence-corrected chi connectivity index (χ2v) is 7.26. The van der Waals surface area contributed by atoms with Gasteiger partial charge in [-0.25, -0.2) is 13.2 Å². The number of nitrogens with one attached hydrogen (secondary N) is 1. The third-order valence-corrected chi connectivity index (χ3v) is 5.04. The summed E-state index contributed by atoms with van der Waals surface area (Å²) in [5, 5.41) is 11.5. The second kappa shape index (κ2) is 7.31. The lowest BCUT2D eigenvalue weighted by molar-refractivity contribution is -0.138. The van der Waals surface area contributed by atoms with E-state index >= 15 is 0 Å². The highest BCUT2D eigenvalue weighted by molar-refractivity contribution is 7.91. The number of hydrogen-bond donors (Lipinski definition) is 2. The topological polar surface area (TPSA) is 104 Å². The molecule has 1 aliphatic rings. The number of sulfone groups is 1. The van der Waals surface area contributed by atoms with Gasteiger partial charge in [0.05, 0.1) is 17.5 Å². The summed E-state index contributed by atoms with van der Waals surface area (Å²) in [5.74, 6) is 0.993. The molecule has 7 nitrogen and oxygen atoms in total. The first kappa shape index (κ1) is 17.3. The van der Waals surface area contributed by atoms with Gasteiger partial charge in [-0.3, -0.25) is 4.79 Å². The summed E-state index contributed by atoms with van der Waals surface area (Å²) in [4.78, 5) is 24.1. The molecule has 1 saturated heterocycles. The lowest BCUT2D eigenvalue weighted by atomic mass is 10.2. The number of carbonyl (C=O) groups excluding carboxylic acids is 1. The highest BCUT2D eigenvalue weighted by atomic mass is 32.2. The van der Waals surface area contributed by atoms with Crippen molar-refractivity contribution in [3.05, 3.63) is 0 Å². The molecule has 2 N–H and O–H groups in total. The van der Waals surface area contributed by atoms with Crippen molar-refractivity contribution in [2.24, 2.45) is 0 Å². The van der Waals surface area contributed by atoms with Crippen molar-refractivity contribution in [2.75, 3.05) is 18.1 Å². The maximum Gasteiger partial charge on any atom is 0.323 e. The van der Waals surface area contributed by atoms with Gasteiger partial charge in [0, 0.05) is 6.04 Å². The third kappa shape index (κ3) is 5.27. The van der Waals surface area contributed by atoms with Crippen molar-refractivity contribution in [3.63, 3.8) is 0 Å². The highest BCUT2D eigenvalue weighted by Gasteiger charge is 2.36. The maximum atomic E-state index is 12.2. The van der Waals surface area contributed by atoms with Crippen molar-refractivity contribution in [2.45, 2.75) is 38.3 Å². The van der Waals surface area contributed by atoms with E-state index in [4.69, 9.17) is 11.5 Å². The van der Waals surface area contributed by atoms with E-state index in [0.717, 1.165) is 11.3 Å². The number of terminal acetylenes is 1. The first-order chi connectivity index (χ1) is 9.79. The van der Waals surface area contributed by atoms with Crippen molar-refractivity contribution in [3.8, 4) is 12.3 Å². The molecule has 1 rings (SSSR count). The molecule has 0 saturated carbocycles. The quantitative estimate of drug-likeness (QED) is 0.675. The van der Waals surface area contributed by atoms with Crippen LogP contribution in [0.3, 0.4) is 0 Å². The van der Waals surface area contributed by atoms with Crippen molar-refractivity contribution in [1.82, 2.24) is 10.2 Å². The standard InChI is InChI=1S/C13H20N2O5S/c1-3-5-10(4-2)14-13(18)15(8-12(16)17)11-6-7-21(19,20)9-11/h2,10-11H,3,5-9H2,1H3,(H,14,18)(H,16,17). The summed E-state index contributed by atoms with van der Waals surface area (Å²) in [6.07, 6.45) is 6.90. The highest BCUT2D eigenvalue weighted by Crippen LogP contribution is 2.18. The zero-order valence-electron chi connectivity index (χ0n) is 11.9. The van der Waals surface area contributed by atoms with E-state index in [1.54, 1.807) is 0 Å². The Morgan fingerprint density at radius 3 is 2.62 bits per heavy atom. The van der Waals surface area contributed by atoms with Crippen LogP contribution in [0.1, 0.15) is 26.2 Å². The molecule has 2 atom stereocenters. The van der Waals surface area contributed by atoms with Gasteiger partial charge in [-0.1, -0.05) is 19.3 Å². The molecular weight excluding hydrogens is 296 g/mol. The Labute approximate surface area is 124 Å². The van der Waals surface area contributed by atoms with Crippen LogP contribution in [-0.4, -0.2) is 60.6 Å². The average Bonchev–Trinajstić information content (AvgIpc) is 2.75. The minimum Gasteiger partial charge on any atom is -0.480 e. The van der Waals surface area contributed by atoms with E-state index in [9.17, 15) is 18.0 Å². The van der Waals surface area contributed by atoms with Crippen molar-refractivity contribution in [1.29, 1.82) is 0 Å². The molecular formula is C13H20N2O5S. The average molecular weight is 316 g/mol. The minimum atomic E-state index is -3.21. The molecule has 0 spiro atoms. The fourth-order valence-corrected chi connectivity index (χ4v) is 3.98. The number of amides is 2. The molecule has 2 amide bonds. The van der Waals surface area contributed by atoms with E-state index in [-0.39, 0.29) is 17.9 Å². The van der Waals surface area contributed by atoms with Gasteiger partial charge in [0.2, 0.25) is 0 Å². The molecule has 1 aliphatic heterocycles. The normalized spacial score (nSPS) is 21.2. The summed E-state index contributed by atoms with van der Waals surface area (Å²) in [5.41, 5.74) is 0. The maximum absolute atomic E-state index is 12.2. The first-order valence-electron chi connectivity index (χ1n) is 6.74. The van der Waals surface area contributed by atoms with Crippen LogP contribution in [0, 0.1) is 12.3 Å². The number of carboxylic acids is 1. The molecule has 2 unspecified atom stereocenters. The van der Waals surface area contributed by atoms with Crippen LogP contribution in [0.25, 0.3) is 0 Å². The van der Waals surface area contributed by atoms with Crippen molar-refractivity contribution < 1.29 is 23.1 Å². The fourth-order valence-electron chi connectivity index (χ4n) is 2.25. The van der Waals surface area contributed by atoms with Gasteiger partial charge in [-0.05, 0) is 12.8 Å². The molecule has 0 bridgehead atoms. The van der Waals surface area contributed by atoms with Crippen LogP contribution in [0.4, 0.5) is 4.79 Å². The Morgan fingerprint density at radius 2 is 2.19 bits per heavy atom. The van der Waals surface area contributed by atoms with E-state index in [2.05, 4.69) is 11.2 Å². The molecule has 1 fully saturated rings. The summed E-state index contributed by atoms with van der Waals surface area (Å²) >= 11 is 0. The van der Waals surface area contributed by atoms with Crippen LogP contribution in [0.15, 0.2) is 0 Å². The molecule has 1 heterocycles. The van der Waals surface area contributed by atoms with Gasteiger partial charge in [-0.15, -0.1) is 6.42 Å². The van der Waals surface area contributed by atoms with E-state index < -0.39 is 40.5 Å². The Morgan fingerprint density at radius 1 is 1.52 bits per heavy atom. The largest absolute Gasteiger partial charge is 0.480 e. The van der Waals surface area contributed by atoms with E-state index in [1.165, 1.54) is 0 Å². The molecule has 0 radical (unpaired) electrons. The Kier molecular flexibility index (Phi) is 6.03. The molecule has 8 heteroatoms. The monoisotopic (exact) mass is 316 g/mol. The van der Waals surface area contributed by atoms with Gasteiger partial charge < -0.3 is 15.3 Å². The lowest BCUT2D eigenvalue weighted by Gasteiger charge is -2.28. The van der Waals surface area contributed by atoms with Crippen LogP contribution in [0.2, 0.25) is 0 Å². The van der Waals surface area contributed by atoms with Gasteiger partial charge in [-0.2, -0.15) is 0 Å². The van der Waals surface area contributed by atoms with E-state index in [1.807, 2.05) is 6.92 Å². The van der Waals surface area contributed by atoms with Crippen LogP contribution in [-0.2, 0) is 14.6 Å². The summed E-state index contributed by atoms with van der Waals surface area (Å²) in [6.45, 7) is 1.37. The minimum absolute atomic E-state index is 0.0331. The SMILES string of the molecule is C#CC(CCC)NC(=O)N(CC(=O)O)C1CCS(=O)(=O)C1. The molecule has 0 aromatic carbocycles. The zero-order chi connectivity index (χ0) is 16.0. The molecule has 0 aromatic rings. The third-order valence-electron chi connectivity index (χ3n) is 3.29. The van der Waals surface area contributed by atoms with Crippen LogP contribution in [0.5, 0.6) is 0 Å². The lowest BCUT2D eigenvalue weighted by Crippen LogP contribution is -2.51. The van der Waals surface area contributed by atoms with Gasteiger partial charge in [0.15, 0.2) is 9.84 Å². The predicted molar refractivity (Wildman–Crippen MR) is 77.5 cm³/mol. The second-order valence-electron chi connectivity index (χ2n) is 5.04. The Balaban J connectivity index is 2.80. The number of aliphatic carboxylic acids is 1. The molecule has 0 aromatic heterocycles. The predicted octanol–water partition coefficient (Wildman–Crippen LogP) is 0.0716. The summed E-state index contributed by atoms with van der Waals surface area (Å²) in [7, 11) is -3.21. The van der Waals surface area contributed by atoms with Crippen LogP contribution >= 0.6 is 0 Å². The zero-order valence-corrected chi connectivity index (χ0v) is 12.7.